The van der Waals surface area contributed by atoms with Crippen LogP contribution in [0, 0.1) is 0 Å². The molecule has 5 rings (SSSR count). The maximum Gasteiger partial charge on any atom is 0.264 e. The Hall–Kier alpha value is -2.34. The van der Waals surface area contributed by atoms with Gasteiger partial charge in [-0.25, -0.2) is 0 Å². The van der Waals surface area contributed by atoms with Crippen molar-refractivity contribution in [2.45, 2.75) is 57.1 Å². The number of nitrogens with zero attached hydrogens (tertiary/aromatic N) is 2. The topological polar surface area (TPSA) is 87.3 Å². The van der Waals surface area contributed by atoms with Gasteiger partial charge in [-0.05, 0) is 56.7 Å². The molecular formula is C19H21N3O3. The summed E-state index contributed by atoms with van der Waals surface area (Å²) >= 11 is 0. The second kappa shape index (κ2) is 5.59. The maximum atomic E-state index is 6.22. The summed E-state index contributed by atoms with van der Waals surface area (Å²) in [6.07, 6.45) is 7.48. The monoisotopic (exact) mass is 339 g/mol. The van der Waals surface area contributed by atoms with E-state index in [4.69, 9.17) is 19.4 Å². The van der Waals surface area contributed by atoms with Crippen LogP contribution in [-0.4, -0.2) is 10.1 Å². The molecule has 2 heterocycles. The van der Waals surface area contributed by atoms with Crippen molar-refractivity contribution in [3.05, 3.63) is 41.2 Å². The third kappa shape index (κ3) is 2.52. The maximum absolute atomic E-state index is 6.22. The van der Waals surface area contributed by atoms with Gasteiger partial charge in [-0.1, -0.05) is 5.16 Å². The lowest BCUT2D eigenvalue weighted by molar-refractivity contribution is 0.223. The van der Waals surface area contributed by atoms with Gasteiger partial charge < -0.3 is 19.4 Å². The van der Waals surface area contributed by atoms with E-state index in [9.17, 15) is 0 Å². The number of hydrogen-bond donors (Lipinski definition) is 1. The summed E-state index contributed by atoms with van der Waals surface area (Å²) in [5, 5.41) is 5.18. The predicted molar refractivity (Wildman–Crippen MR) is 91.2 cm³/mol. The number of nitrogens with two attached hydrogens (primary N) is 1. The van der Waals surface area contributed by atoms with Crippen molar-refractivity contribution >= 4 is 11.0 Å². The number of furan rings is 1. The Morgan fingerprint density at radius 3 is 2.88 bits per heavy atom. The fraction of sp³-hybridized carbons (Fsp3) is 0.474. The first-order chi connectivity index (χ1) is 12.2. The molecule has 0 amide bonds. The second-order valence-electron chi connectivity index (χ2n) is 7.18. The van der Waals surface area contributed by atoms with Crippen molar-refractivity contribution in [3.8, 4) is 5.75 Å². The predicted octanol–water partition coefficient (Wildman–Crippen LogP) is 3.61. The number of rotatable bonds is 4. The van der Waals surface area contributed by atoms with Crippen LogP contribution in [0.5, 0.6) is 5.75 Å². The lowest BCUT2D eigenvalue weighted by Gasteiger charge is -2.34. The van der Waals surface area contributed by atoms with Crippen LogP contribution in [0.15, 0.2) is 27.1 Å². The molecule has 1 aromatic carbocycles. The summed E-state index contributed by atoms with van der Waals surface area (Å²) in [5.41, 5.74) is 8.09. The molecule has 25 heavy (non-hydrogen) atoms. The van der Waals surface area contributed by atoms with E-state index in [2.05, 4.69) is 16.2 Å². The highest BCUT2D eigenvalue weighted by atomic mass is 16.5. The molecule has 0 unspecified atom stereocenters. The number of aromatic nitrogens is 2. The average molecular weight is 339 g/mol. The molecule has 0 atom stereocenters. The van der Waals surface area contributed by atoms with Gasteiger partial charge in [-0.3, -0.25) is 0 Å². The van der Waals surface area contributed by atoms with Crippen LogP contribution in [-0.2, 0) is 25.0 Å². The van der Waals surface area contributed by atoms with Crippen molar-refractivity contribution in [2.75, 3.05) is 0 Å². The Morgan fingerprint density at radius 1 is 1.16 bits per heavy atom. The Balaban J connectivity index is 1.34. The Kier molecular flexibility index (Phi) is 3.35. The van der Waals surface area contributed by atoms with Crippen LogP contribution in [0.4, 0.5) is 0 Å². The Labute approximate surface area is 145 Å². The van der Waals surface area contributed by atoms with Crippen LogP contribution >= 0.6 is 0 Å². The van der Waals surface area contributed by atoms with Gasteiger partial charge in [0.1, 0.15) is 17.1 Å². The van der Waals surface area contributed by atoms with Crippen molar-refractivity contribution in [2.24, 2.45) is 5.73 Å². The smallest absolute Gasteiger partial charge is 0.264 e. The first kappa shape index (κ1) is 15.0. The summed E-state index contributed by atoms with van der Waals surface area (Å²) in [6.45, 7) is 0.245. The lowest BCUT2D eigenvalue weighted by Crippen LogP contribution is -2.44. The van der Waals surface area contributed by atoms with Crippen molar-refractivity contribution in [1.82, 2.24) is 10.1 Å². The molecule has 0 spiro atoms. The number of hydrogen-bond acceptors (Lipinski definition) is 6. The van der Waals surface area contributed by atoms with Gasteiger partial charge in [0.15, 0.2) is 12.4 Å². The fourth-order valence-electron chi connectivity index (χ4n) is 3.77. The highest BCUT2D eigenvalue weighted by Gasteiger charge is 2.39. The summed E-state index contributed by atoms with van der Waals surface area (Å²) < 4.78 is 17.1. The first-order valence-electron chi connectivity index (χ1n) is 9.00. The molecule has 0 radical (unpaired) electrons. The SMILES string of the molecule is NC1(c2noc(COc3ccc4oc5c(c4c3)CCCC5)n2)CCC1. The number of ether oxygens (including phenoxy) is 1. The van der Waals surface area contributed by atoms with E-state index >= 15 is 0 Å². The first-order valence-corrected chi connectivity index (χ1v) is 9.00. The number of fused-ring (bicyclic) bond motifs is 3. The van der Waals surface area contributed by atoms with E-state index in [1.165, 1.54) is 18.4 Å². The van der Waals surface area contributed by atoms with Crippen LogP contribution in [0.2, 0.25) is 0 Å². The van der Waals surface area contributed by atoms with Crippen molar-refractivity contribution < 1.29 is 13.7 Å². The van der Waals surface area contributed by atoms with Gasteiger partial charge in [0.2, 0.25) is 0 Å². The largest absolute Gasteiger partial charge is 0.484 e. The number of benzene rings is 1. The molecule has 2 aliphatic rings. The van der Waals surface area contributed by atoms with Gasteiger partial charge in [-0.2, -0.15) is 4.98 Å². The molecule has 6 nitrogen and oxygen atoms in total. The molecule has 2 N–H and O–H groups in total. The Morgan fingerprint density at radius 2 is 2.04 bits per heavy atom. The lowest BCUT2D eigenvalue weighted by atomic mass is 9.77. The molecule has 0 bridgehead atoms. The van der Waals surface area contributed by atoms with E-state index < -0.39 is 5.54 Å². The zero-order valence-corrected chi connectivity index (χ0v) is 14.1. The van der Waals surface area contributed by atoms with Crippen LogP contribution < -0.4 is 10.5 Å². The number of aryl methyl sites for hydroxylation is 2. The van der Waals surface area contributed by atoms with E-state index in [0.29, 0.717) is 11.7 Å². The fourth-order valence-corrected chi connectivity index (χ4v) is 3.77. The van der Waals surface area contributed by atoms with Crippen LogP contribution in [0.3, 0.4) is 0 Å². The van der Waals surface area contributed by atoms with Crippen molar-refractivity contribution in [3.63, 3.8) is 0 Å². The second-order valence-corrected chi connectivity index (χ2v) is 7.18. The minimum atomic E-state index is -0.406. The summed E-state index contributed by atoms with van der Waals surface area (Å²) in [5.74, 6) is 2.97. The van der Waals surface area contributed by atoms with Crippen LogP contribution in [0.25, 0.3) is 11.0 Å². The molecule has 6 heteroatoms. The third-order valence-electron chi connectivity index (χ3n) is 5.45. The molecule has 0 saturated heterocycles. The van der Waals surface area contributed by atoms with E-state index in [0.717, 1.165) is 54.6 Å². The van der Waals surface area contributed by atoms with Gasteiger partial charge >= 0.3 is 0 Å². The van der Waals surface area contributed by atoms with E-state index in [-0.39, 0.29) is 6.61 Å². The van der Waals surface area contributed by atoms with Gasteiger partial charge in [0.05, 0.1) is 5.54 Å². The molecule has 2 aromatic heterocycles. The molecule has 2 aliphatic carbocycles. The van der Waals surface area contributed by atoms with E-state index in [1.807, 2.05) is 12.1 Å². The summed E-state index contributed by atoms with van der Waals surface area (Å²) in [6, 6.07) is 5.95. The van der Waals surface area contributed by atoms with Crippen LogP contribution in [0.1, 0.15) is 55.1 Å². The minimum absolute atomic E-state index is 0.245. The highest BCUT2D eigenvalue weighted by Crippen LogP contribution is 2.37. The standard InChI is InChI=1S/C19H21N3O3/c20-19(8-3-9-19)18-21-17(25-22-18)11-23-12-6-7-16-14(10-12)13-4-1-2-5-15(13)24-16/h6-7,10H,1-5,8-9,11,20H2. The minimum Gasteiger partial charge on any atom is -0.484 e. The third-order valence-corrected chi connectivity index (χ3v) is 5.45. The molecule has 1 fully saturated rings. The molecule has 1 saturated carbocycles. The van der Waals surface area contributed by atoms with E-state index in [1.54, 1.807) is 0 Å². The normalized spacial score (nSPS) is 18.8. The molecule has 3 aromatic rings. The van der Waals surface area contributed by atoms with Crippen molar-refractivity contribution in [1.29, 1.82) is 0 Å². The quantitative estimate of drug-likeness (QED) is 0.781. The zero-order chi connectivity index (χ0) is 16.9. The summed E-state index contributed by atoms with van der Waals surface area (Å²) in [4.78, 5) is 4.40. The zero-order valence-electron chi connectivity index (χ0n) is 14.1. The Bertz CT molecular complexity index is 923. The van der Waals surface area contributed by atoms with Gasteiger partial charge in [0, 0.05) is 17.4 Å². The van der Waals surface area contributed by atoms with Gasteiger partial charge in [0.25, 0.3) is 5.89 Å². The molecular weight excluding hydrogens is 318 g/mol. The molecule has 130 valence electrons. The average Bonchev–Trinajstić information content (AvgIpc) is 3.22. The molecule has 0 aliphatic heterocycles. The van der Waals surface area contributed by atoms with Gasteiger partial charge in [-0.15, -0.1) is 0 Å². The highest BCUT2D eigenvalue weighted by molar-refractivity contribution is 5.84. The summed E-state index contributed by atoms with van der Waals surface area (Å²) in [7, 11) is 0.